The van der Waals surface area contributed by atoms with Crippen molar-refractivity contribution in [3.05, 3.63) is 90.0 Å². The van der Waals surface area contributed by atoms with Crippen LogP contribution < -0.4 is 25.8 Å². The van der Waals surface area contributed by atoms with Gasteiger partial charge in [-0.3, -0.25) is 9.59 Å². The van der Waals surface area contributed by atoms with Crippen molar-refractivity contribution >= 4 is 29.7 Å². The van der Waals surface area contributed by atoms with Gasteiger partial charge in [-0.2, -0.15) is 18.4 Å². The number of rotatable bonds is 9. The number of aldehydes is 1. The molecule has 0 aliphatic rings. The van der Waals surface area contributed by atoms with Crippen molar-refractivity contribution in [2.45, 2.75) is 18.8 Å². The van der Waals surface area contributed by atoms with E-state index in [1.54, 1.807) is 42.5 Å². The van der Waals surface area contributed by atoms with Crippen molar-refractivity contribution < 1.29 is 37.0 Å². The number of esters is 1. The number of alkyl halides is 3. The number of carbonyl (C=O) groups is 3. The first kappa shape index (κ1) is 31.2. The van der Waals surface area contributed by atoms with E-state index in [9.17, 15) is 32.8 Å². The Labute approximate surface area is 249 Å². The molecule has 0 aliphatic heterocycles. The SMILES string of the molecule is COc1ccc(-c2cc(-c3cccc(N[C@](C)(N)C=O)c3)c(C#N)c(NC(=O)c3ccccc3)n2)c(OC(=O)C(F)(F)F)c1. The lowest BCUT2D eigenvalue weighted by molar-refractivity contribution is -0.189. The summed E-state index contributed by atoms with van der Waals surface area (Å²) in [6.45, 7) is 1.45. The largest absolute Gasteiger partial charge is 0.497 e. The van der Waals surface area contributed by atoms with Crippen LogP contribution in [-0.4, -0.2) is 42.1 Å². The van der Waals surface area contributed by atoms with Gasteiger partial charge in [0.15, 0.2) is 12.1 Å². The van der Waals surface area contributed by atoms with E-state index in [0.717, 1.165) is 6.07 Å². The number of nitrogens with zero attached hydrogens (tertiary/aromatic N) is 2. The van der Waals surface area contributed by atoms with E-state index >= 15 is 0 Å². The number of nitrogens with two attached hydrogens (primary N) is 1. The third kappa shape index (κ3) is 7.18. The van der Waals surface area contributed by atoms with Crippen LogP contribution in [0.1, 0.15) is 22.8 Å². The molecule has 1 heterocycles. The third-order valence-electron chi connectivity index (χ3n) is 6.13. The number of pyridine rings is 1. The molecule has 0 saturated carbocycles. The molecule has 3 aromatic carbocycles. The van der Waals surface area contributed by atoms with Crippen LogP contribution >= 0.6 is 0 Å². The van der Waals surface area contributed by atoms with E-state index in [1.165, 1.54) is 44.4 Å². The average Bonchev–Trinajstić information content (AvgIpc) is 3.00. The van der Waals surface area contributed by atoms with Gasteiger partial charge in [0.2, 0.25) is 0 Å². The predicted molar refractivity (Wildman–Crippen MR) is 155 cm³/mol. The lowest BCUT2D eigenvalue weighted by atomic mass is 9.97. The van der Waals surface area contributed by atoms with Gasteiger partial charge in [0, 0.05) is 28.4 Å². The number of halogens is 3. The molecular weight excluding hydrogens is 579 g/mol. The van der Waals surface area contributed by atoms with Crippen molar-refractivity contribution in [2.75, 3.05) is 17.7 Å². The Bertz CT molecular complexity index is 1770. The second kappa shape index (κ2) is 12.6. The Balaban J connectivity index is 1.94. The van der Waals surface area contributed by atoms with Crippen molar-refractivity contribution in [1.82, 2.24) is 4.98 Å². The summed E-state index contributed by atoms with van der Waals surface area (Å²) < 4.78 is 49.2. The van der Waals surface area contributed by atoms with Crippen LogP contribution in [0.4, 0.5) is 24.7 Å². The van der Waals surface area contributed by atoms with Crippen molar-refractivity contribution in [1.29, 1.82) is 5.26 Å². The van der Waals surface area contributed by atoms with Crippen LogP contribution in [-0.2, 0) is 9.59 Å². The smallest absolute Gasteiger partial charge is 0.491 e. The second-order valence-corrected chi connectivity index (χ2v) is 9.57. The molecule has 1 atom stereocenters. The molecule has 13 heteroatoms. The van der Waals surface area contributed by atoms with E-state index in [1.807, 2.05) is 6.07 Å². The lowest BCUT2D eigenvalue weighted by Gasteiger charge is -2.21. The van der Waals surface area contributed by atoms with E-state index in [-0.39, 0.29) is 39.5 Å². The molecule has 0 unspecified atom stereocenters. The number of nitrogens with one attached hydrogen (secondary N) is 2. The maximum Gasteiger partial charge on any atom is 0.491 e. The van der Waals surface area contributed by atoms with Crippen molar-refractivity contribution in [3.63, 3.8) is 0 Å². The monoisotopic (exact) mass is 603 g/mol. The number of methoxy groups -OCH3 is 1. The molecule has 0 saturated heterocycles. The van der Waals surface area contributed by atoms with Gasteiger partial charge in [-0.25, -0.2) is 9.78 Å². The minimum absolute atomic E-state index is 0.0510. The first-order valence-corrected chi connectivity index (χ1v) is 12.8. The fourth-order valence-electron chi connectivity index (χ4n) is 4.07. The number of hydrogen-bond acceptors (Lipinski definition) is 9. The first-order valence-electron chi connectivity index (χ1n) is 12.8. The Morgan fingerprint density at radius 3 is 2.36 bits per heavy atom. The second-order valence-electron chi connectivity index (χ2n) is 9.57. The Morgan fingerprint density at radius 1 is 1.00 bits per heavy atom. The number of carbonyl (C=O) groups excluding carboxylic acids is 3. The topological polar surface area (TPSA) is 156 Å². The number of ether oxygens (including phenoxy) is 2. The lowest BCUT2D eigenvalue weighted by Crippen LogP contribution is -2.46. The van der Waals surface area contributed by atoms with Gasteiger partial charge in [-0.05, 0) is 55.0 Å². The molecule has 0 fully saturated rings. The van der Waals surface area contributed by atoms with Gasteiger partial charge in [-0.15, -0.1) is 0 Å². The molecule has 224 valence electrons. The van der Waals surface area contributed by atoms with Crippen LogP contribution in [0.2, 0.25) is 0 Å². The normalized spacial score (nSPS) is 12.3. The van der Waals surface area contributed by atoms with Gasteiger partial charge in [0.25, 0.3) is 5.91 Å². The third-order valence-corrected chi connectivity index (χ3v) is 6.13. The first-order chi connectivity index (χ1) is 20.8. The van der Waals surface area contributed by atoms with Crippen molar-refractivity contribution in [3.8, 4) is 40.0 Å². The molecule has 10 nitrogen and oxygen atoms in total. The molecule has 1 amide bonds. The highest BCUT2D eigenvalue weighted by Crippen LogP contribution is 2.39. The molecule has 0 bridgehead atoms. The van der Waals surface area contributed by atoms with E-state index < -0.39 is 29.5 Å². The maximum absolute atomic E-state index is 13.1. The molecule has 0 radical (unpaired) electrons. The molecule has 4 aromatic rings. The zero-order valence-corrected chi connectivity index (χ0v) is 23.2. The molecule has 4 rings (SSSR count). The summed E-state index contributed by atoms with van der Waals surface area (Å²) in [6.07, 6.45) is -4.79. The fraction of sp³-hybridized carbons (Fsp3) is 0.129. The zero-order chi connectivity index (χ0) is 32.1. The van der Waals surface area contributed by atoms with Crippen LogP contribution in [0.15, 0.2) is 78.9 Å². The van der Waals surface area contributed by atoms with E-state index in [2.05, 4.69) is 15.6 Å². The van der Waals surface area contributed by atoms with E-state index in [4.69, 9.17) is 15.2 Å². The zero-order valence-electron chi connectivity index (χ0n) is 23.2. The van der Waals surface area contributed by atoms with Crippen LogP contribution in [0.5, 0.6) is 11.5 Å². The summed E-state index contributed by atoms with van der Waals surface area (Å²) in [7, 11) is 1.28. The number of aromatic nitrogens is 1. The van der Waals surface area contributed by atoms with Gasteiger partial charge >= 0.3 is 12.1 Å². The number of hydrogen-bond donors (Lipinski definition) is 3. The molecule has 4 N–H and O–H groups in total. The predicted octanol–water partition coefficient (Wildman–Crippen LogP) is 5.30. The standard InChI is InChI=1S/C31H24F3N5O5/c1-30(36,17-40)39-20-10-6-9-19(13-20)23-15-25(22-12-11-21(43-2)14-26(22)44-29(42)31(32,33)34)37-27(24(23)16-35)38-28(41)18-7-4-3-5-8-18/h3-15,17,39H,36H2,1-2H3,(H,37,38,41)/t30-/m0/s1. The van der Waals surface area contributed by atoms with Crippen molar-refractivity contribution in [2.24, 2.45) is 5.73 Å². The Hall–Kier alpha value is -5.74. The number of amides is 1. The average molecular weight is 604 g/mol. The van der Waals surface area contributed by atoms with Crippen LogP contribution in [0.3, 0.4) is 0 Å². The summed E-state index contributed by atoms with van der Waals surface area (Å²) in [5.74, 6) is -3.75. The molecule has 1 aromatic heterocycles. The molecular formula is C31H24F3N5O5. The highest BCUT2D eigenvalue weighted by Gasteiger charge is 2.42. The summed E-state index contributed by atoms with van der Waals surface area (Å²) in [6, 6.07) is 21.7. The highest BCUT2D eigenvalue weighted by molar-refractivity contribution is 6.05. The minimum atomic E-state index is -5.30. The van der Waals surface area contributed by atoms with Gasteiger partial charge in [-0.1, -0.05) is 30.3 Å². The summed E-state index contributed by atoms with van der Waals surface area (Å²) in [4.78, 5) is 40.7. The quantitative estimate of drug-likeness (QED) is 0.1000. The highest BCUT2D eigenvalue weighted by atomic mass is 19.4. The number of nitriles is 1. The van der Waals surface area contributed by atoms with Crippen LogP contribution in [0, 0.1) is 11.3 Å². The fourth-order valence-corrected chi connectivity index (χ4v) is 4.07. The van der Waals surface area contributed by atoms with Crippen LogP contribution in [0.25, 0.3) is 22.4 Å². The molecule has 44 heavy (non-hydrogen) atoms. The maximum atomic E-state index is 13.1. The van der Waals surface area contributed by atoms with Gasteiger partial charge in [0.1, 0.15) is 28.8 Å². The molecule has 0 aliphatic carbocycles. The summed E-state index contributed by atoms with van der Waals surface area (Å²) in [5, 5.41) is 15.6. The van der Waals surface area contributed by atoms with Gasteiger partial charge in [0.05, 0.1) is 12.8 Å². The minimum Gasteiger partial charge on any atom is -0.497 e. The summed E-state index contributed by atoms with van der Waals surface area (Å²) in [5.41, 5.74) is 5.54. The summed E-state index contributed by atoms with van der Waals surface area (Å²) >= 11 is 0. The number of benzene rings is 3. The van der Waals surface area contributed by atoms with Gasteiger partial charge < -0.3 is 25.8 Å². The Kier molecular flexibility index (Phi) is 8.96. The number of anilines is 2. The van der Waals surface area contributed by atoms with E-state index in [0.29, 0.717) is 17.5 Å². The Morgan fingerprint density at radius 2 is 1.73 bits per heavy atom. The molecule has 0 spiro atoms.